The molecule has 0 unspecified atom stereocenters. The van der Waals surface area contributed by atoms with E-state index in [-0.39, 0.29) is 6.61 Å². The number of benzene rings is 1. The van der Waals surface area contributed by atoms with Crippen molar-refractivity contribution in [2.75, 3.05) is 11.9 Å². The van der Waals surface area contributed by atoms with Crippen LogP contribution in [0.1, 0.15) is 6.92 Å². The number of nitrogens with one attached hydrogen (secondary N) is 1. The van der Waals surface area contributed by atoms with E-state index in [1.165, 1.54) is 6.92 Å². The third-order valence-corrected chi connectivity index (χ3v) is 1.86. The molecule has 0 spiro atoms. The van der Waals surface area contributed by atoms with Gasteiger partial charge in [-0.3, -0.25) is 14.9 Å². The van der Waals surface area contributed by atoms with Crippen molar-refractivity contribution < 1.29 is 23.6 Å². The molecule has 96 valence electrons. The normalized spacial score (nSPS) is 9.67. The summed E-state index contributed by atoms with van der Waals surface area (Å²) in [5.74, 6) is -3.18. The SMILES string of the molecule is CCOC(=O)C(=O)Nc1cc(F)ccc1[N+](=O)[O-]. The summed E-state index contributed by atoms with van der Waals surface area (Å²) in [5, 5.41) is 12.5. The molecule has 0 radical (unpaired) electrons. The summed E-state index contributed by atoms with van der Waals surface area (Å²) >= 11 is 0. The van der Waals surface area contributed by atoms with Crippen molar-refractivity contribution >= 4 is 23.3 Å². The maximum Gasteiger partial charge on any atom is 0.397 e. The van der Waals surface area contributed by atoms with Crippen LogP contribution in [0.25, 0.3) is 0 Å². The van der Waals surface area contributed by atoms with E-state index in [1.54, 1.807) is 0 Å². The Morgan fingerprint density at radius 3 is 2.72 bits per heavy atom. The number of esters is 1. The van der Waals surface area contributed by atoms with Crippen LogP contribution in [0.15, 0.2) is 18.2 Å². The fraction of sp³-hybridized carbons (Fsp3) is 0.200. The summed E-state index contributed by atoms with van der Waals surface area (Å²) in [6, 6.07) is 2.50. The highest BCUT2D eigenvalue weighted by molar-refractivity contribution is 6.37. The Morgan fingerprint density at radius 1 is 1.50 bits per heavy atom. The highest BCUT2D eigenvalue weighted by atomic mass is 19.1. The molecule has 0 aliphatic rings. The lowest BCUT2D eigenvalue weighted by molar-refractivity contribution is -0.384. The van der Waals surface area contributed by atoms with Gasteiger partial charge in [-0.25, -0.2) is 9.18 Å². The van der Waals surface area contributed by atoms with Crippen LogP contribution in [0.5, 0.6) is 0 Å². The number of nitro groups is 1. The average molecular weight is 256 g/mol. The first-order valence-electron chi connectivity index (χ1n) is 4.87. The molecule has 1 rings (SSSR count). The van der Waals surface area contributed by atoms with Gasteiger partial charge in [-0.1, -0.05) is 0 Å². The standard InChI is InChI=1S/C10H9FN2O5/c1-2-18-10(15)9(14)12-7-5-6(11)3-4-8(7)13(16)17/h3-5H,2H2,1H3,(H,12,14). The number of rotatable bonds is 3. The number of carbonyl (C=O) groups excluding carboxylic acids is 2. The van der Waals surface area contributed by atoms with Gasteiger partial charge in [0.05, 0.1) is 11.5 Å². The smallest absolute Gasteiger partial charge is 0.397 e. The highest BCUT2D eigenvalue weighted by Crippen LogP contribution is 2.24. The predicted octanol–water partition coefficient (Wildman–Crippen LogP) is 1.24. The fourth-order valence-corrected chi connectivity index (χ4v) is 1.14. The van der Waals surface area contributed by atoms with Crippen LogP contribution in [-0.2, 0) is 14.3 Å². The first-order chi connectivity index (χ1) is 8.45. The number of nitrogens with zero attached hydrogens (tertiary/aromatic N) is 1. The van der Waals surface area contributed by atoms with Crippen LogP contribution in [0.3, 0.4) is 0 Å². The summed E-state index contributed by atoms with van der Waals surface area (Å²) in [5.41, 5.74) is -0.924. The Balaban J connectivity index is 2.96. The van der Waals surface area contributed by atoms with Gasteiger partial charge >= 0.3 is 11.9 Å². The number of halogens is 1. The lowest BCUT2D eigenvalue weighted by Gasteiger charge is -2.05. The second-order valence-electron chi connectivity index (χ2n) is 3.09. The molecule has 0 aromatic heterocycles. The van der Waals surface area contributed by atoms with E-state index in [2.05, 4.69) is 4.74 Å². The molecule has 0 bridgehead atoms. The van der Waals surface area contributed by atoms with Gasteiger partial charge in [-0.15, -0.1) is 0 Å². The van der Waals surface area contributed by atoms with Crippen molar-refractivity contribution in [3.05, 3.63) is 34.1 Å². The number of amides is 1. The van der Waals surface area contributed by atoms with Gasteiger partial charge < -0.3 is 10.1 Å². The molecule has 7 nitrogen and oxygen atoms in total. The fourth-order valence-electron chi connectivity index (χ4n) is 1.14. The van der Waals surface area contributed by atoms with Gasteiger partial charge in [-0.2, -0.15) is 0 Å². The molecule has 0 aliphatic carbocycles. The zero-order valence-electron chi connectivity index (χ0n) is 9.31. The molecular weight excluding hydrogens is 247 g/mol. The molecule has 18 heavy (non-hydrogen) atoms. The zero-order valence-corrected chi connectivity index (χ0v) is 9.31. The summed E-state index contributed by atoms with van der Waals surface area (Å²) in [6.07, 6.45) is 0. The third-order valence-electron chi connectivity index (χ3n) is 1.86. The van der Waals surface area contributed by atoms with Crippen LogP contribution in [0.4, 0.5) is 15.8 Å². The van der Waals surface area contributed by atoms with Gasteiger partial charge in [0.1, 0.15) is 11.5 Å². The second-order valence-corrected chi connectivity index (χ2v) is 3.09. The van der Waals surface area contributed by atoms with Gasteiger partial charge in [0.15, 0.2) is 0 Å². The van der Waals surface area contributed by atoms with Crippen molar-refractivity contribution in [3.63, 3.8) is 0 Å². The quantitative estimate of drug-likeness (QED) is 0.379. The van der Waals surface area contributed by atoms with Crippen molar-refractivity contribution in [2.24, 2.45) is 0 Å². The number of hydrogen-bond donors (Lipinski definition) is 1. The van der Waals surface area contributed by atoms with E-state index < -0.39 is 34.0 Å². The number of anilines is 1. The molecule has 0 atom stereocenters. The number of nitro benzene ring substituents is 1. The van der Waals surface area contributed by atoms with Crippen LogP contribution < -0.4 is 5.32 Å². The maximum absolute atomic E-state index is 12.9. The third kappa shape index (κ3) is 3.24. The predicted molar refractivity (Wildman–Crippen MR) is 58.3 cm³/mol. The highest BCUT2D eigenvalue weighted by Gasteiger charge is 2.21. The maximum atomic E-state index is 12.9. The Labute approximate surface area is 101 Å². The molecule has 1 N–H and O–H groups in total. The molecule has 0 saturated carbocycles. The molecule has 0 saturated heterocycles. The monoisotopic (exact) mass is 256 g/mol. The van der Waals surface area contributed by atoms with E-state index in [9.17, 15) is 24.1 Å². The first kappa shape index (κ1) is 13.6. The topological polar surface area (TPSA) is 98.5 Å². The molecule has 0 aliphatic heterocycles. The summed E-state index contributed by atoms with van der Waals surface area (Å²) in [4.78, 5) is 32.1. The minimum atomic E-state index is -1.20. The number of carbonyl (C=O) groups is 2. The molecule has 0 fully saturated rings. The minimum absolute atomic E-state index is 0.0164. The van der Waals surface area contributed by atoms with Gasteiger partial charge in [0, 0.05) is 12.1 Å². The second kappa shape index (κ2) is 5.71. The lowest BCUT2D eigenvalue weighted by atomic mass is 10.2. The zero-order chi connectivity index (χ0) is 13.7. The number of ether oxygens (including phenoxy) is 1. The van der Waals surface area contributed by atoms with Gasteiger partial charge in [0.2, 0.25) is 0 Å². The van der Waals surface area contributed by atoms with Crippen LogP contribution >= 0.6 is 0 Å². The van der Waals surface area contributed by atoms with Crippen LogP contribution in [0, 0.1) is 15.9 Å². The molecule has 0 heterocycles. The van der Waals surface area contributed by atoms with Crippen molar-refractivity contribution in [3.8, 4) is 0 Å². The van der Waals surface area contributed by atoms with E-state index >= 15 is 0 Å². The molecule has 1 aromatic rings. The Hall–Kier alpha value is -2.51. The van der Waals surface area contributed by atoms with E-state index in [0.717, 1.165) is 18.2 Å². The Bertz CT molecular complexity index is 503. The van der Waals surface area contributed by atoms with Crippen LogP contribution in [0.2, 0.25) is 0 Å². The first-order valence-corrected chi connectivity index (χ1v) is 4.87. The molecular formula is C10H9FN2O5. The number of hydrogen-bond acceptors (Lipinski definition) is 5. The Morgan fingerprint density at radius 2 is 2.17 bits per heavy atom. The van der Waals surface area contributed by atoms with Crippen molar-refractivity contribution in [2.45, 2.75) is 6.92 Å². The largest absolute Gasteiger partial charge is 0.459 e. The van der Waals surface area contributed by atoms with Gasteiger partial charge in [-0.05, 0) is 13.0 Å². The molecule has 8 heteroatoms. The van der Waals surface area contributed by atoms with E-state index in [1.807, 2.05) is 5.32 Å². The summed E-state index contributed by atoms with van der Waals surface area (Å²) < 4.78 is 17.3. The van der Waals surface area contributed by atoms with Crippen molar-refractivity contribution in [1.29, 1.82) is 0 Å². The average Bonchev–Trinajstić information content (AvgIpc) is 2.28. The minimum Gasteiger partial charge on any atom is -0.459 e. The van der Waals surface area contributed by atoms with Gasteiger partial charge in [0.25, 0.3) is 5.69 Å². The molecule has 1 amide bonds. The molecule has 1 aromatic carbocycles. The van der Waals surface area contributed by atoms with Crippen LogP contribution in [-0.4, -0.2) is 23.4 Å². The summed E-state index contributed by atoms with van der Waals surface area (Å²) in [7, 11) is 0. The Kier molecular flexibility index (Phi) is 4.30. The van der Waals surface area contributed by atoms with E-state index in [0.29, 0.717) is 0 Å². The van der Waals surface area contributed by atoms with Crippen molar-refractivity contribution in [1.82, 2.24) is 0 Å². The van der Waals surface area contributed by atoms with E-state index in [4.69, 9.17) is 0 Å². The summed E-state index contributed by atoms with van der Waals surface area (Å²) in [6.45, 7) is 1.48. The lowest BCUT2D eigenvalue weighted by Crippen LogP contribution is -2.25.